The van der Waals surface area contributed by atoms with Gasteiger partial charge in [0.1, 0.15) is 23.1 Å². The predicted octanol–water partition coefficient (Wildman–Crippen LogP) is 5.60. The second-order valence-electron chi connectivity index (χ2n) is 8.07. The summed E-state index contributed by atoms with van der Waals surface area (Å²) in [4.78, 5) is 18.4. The summed E-state index contributed by atoms with van der Waals surface area (Å²) in [6.07, 6.45) is 1.40. The molecule has 1 heterocycles. The molecule has 12 heteroatoms. The lowest BCUT2D eigenvalue weighted by Crippen LogP contribution is -2.15. The average Bonchev–Trinajstić information content (AvgIpc) is 2.86. The number of ether oxygens (including phenoxy) is 1. The Morgan fingerprint density at radius 2 is 1.68 bits per heavy atom. The summed E-state index contributed by atoms with van der Waals surface area (Å²) in [5.74, 6) is 1.04. The first-order valence-electron chi connectivity index (χ1n) is 11.0. The van der Waals surface area contributed by atoms with Gasteiger partial charge in [0.05, 0.1) is 15.9 Å². The van der Waals surface area contributed by atoms with Crippen LogP contribution in [0.3, 0.4) is 0 Å². The number of nitro groups is 1. The molecule has 0 saturated carbocycles. The third-order valence-corrected chi connectivity index (χ3v) is 6.71. The van der Waals surface area contributed by atoms with Crippen molar-refractivity contribution in [1.82, 2.24) is 9.97 Å². The number of rotatable bonds is 9. The third kappa shape index (κ3) is 6.35. The van der Waals surface area contributed by atoms with Gasteiger partial charge in [0.2, 0.25) is 5.95 Å². The van der Waals surface area contributed by atoms with Crippen LogP contribution in [0.15, 0.2) is 83.9 Å². The standard InChI is InChI=1S/C25H22FN5O5S/c1-16-15-21(9-12-23(16)26)36-20-7-3-18(4-8-20)17(2)28-25-27-14-13-24(29-25)30-37(34,35)22-10-5-19(6-11-22)31(32)33/h3-15,17H,1-2H3,(H2,27,28,29,30). The van der Waals surface area contributed by atoms with E-state index in [1.165, 1.54) is 18.3 Å². The Kier molecular flexibility index (Phi) is 7.30. The first-order valence-corrected chi connectivity index (χ1v) is 12.5. The first kappa shape index (κ1) is 25.5. The zero-order chi connectivity index (χ0) is 26.6. The normalized spacial score (nSPS) is 12.0. The number of non-ortho nitro benzene ring substituents is 1. The summed E-state index contributed by atoms with van der Waals surface area (Å²) in [5.41, 5.74) is 1.17. The molecule has 0 saturated heterocycles. The average molecular weight is 524 g/mol. The fraction of sp³-hybridized carbons (Fsp3) is 0.120. The van der Waals surface area contributed by atoms with Crippen molar-refractivity contribution in [3.8, 4) is 11.5 Å². The van der Waals surface area contributed by atoms with Crippen LogP contribution >= 0.6 is 0 Å². The Labute approximate surface area is 212 Å². The molecule has 0 spiro atoms. The maximum Gasteiger partial charge on any atom is 0.269 e. The molecule has 0 radical (unpaired) electrons. The maximum atomic E-state index is 13.5. The van der Waals surface area contributed by atoms with Crippen LogP contribution in [0.5, 0.6) is 11.5 Å². The minimum atomic E-state index is -4.01. The molecule has 4 rings (SSSR count). The zero-order valence-corrected chi connectivity index (χ0v) is 20.6. The van der Waals surface area contributed by atoms with E-state index in [2.05, 4.69) is 20.0 Å². The first-order chi connectivity index (χ1) is 17.6. The lowest BCUT2D eigenvalue weighted by molar-refractivity contribution is -0.384. The van der Waals surface area contributed by atoms with E-state index in [0.29, 0.717) is 17.1 Å². The minimum Gasteiger partial charge on any atom is -0.457 e. The molecule has 10 nitrogen and oxygen atoms in total. The van der Waals surface area contributed by atoms with Crippen molar-refractivity contribution >= 4 is 27.5 Å². The van der Waals surface area contributed by atoms with Crippen LogP contribution < -0.4 is 14.8 Å². The van der Waals surface area contributed by atoms with Gasteiger partial charge in [-0.2, -0.15) is 4.98 Å². The number of nitrogens with one attached hydrogen (secondary N) is 2. The molecular weight excluding hydrogens is 501 g/mol. The number of benzene rings is 3. The molecule has 1 unspecified atom stereocenters. The second kappa shape index (κ2) is 10.6. The van der Waals surface area contributed by atoms with Crippen molar-refractivity contribution in [3.05, 3.63) is 106 Å². The number of nitrogens with zero attached hydrogens (tertiary/aromatic N) is 3. The molecule has 1 aromatic heterocycles. The van der Waals surface area contributed by atoms with Crippen molar-refractivity contribution in [3.63, 3.8) is 0 Å². The number of halogens is 1. The van der Waals surface area contributed by atoms with E-state index in [0.717, 1.165) is 29.8 Å². The van der Waals surface area contributed by atoms with Crippen molar-refractivity contribution < 1.29 is 22.5 Å². The zero-order valence-electron chi connectivity index (χ0n) is 19.8. The Morgan fingerprint density at radius 3 is 2.32 bits per heavy atom. The van der Waals surface area contributed by atoms with Crippen molar-refractivity contribution in [2.24, 2.45) is 0 Å². The van der Waals surface area contributed by atoms with Gasteiger partial charge in [0.25, 0.3) is 15.7 Å². The Morgan fingerprint density at radius 1 is 1.00 bits per heavy atom. The van der Waals surface area contributed by atoms with Gasteiger partial charge >= 0.3 is 0 Å². The predicted molar refractivity (Wildman–Crippen MR) is 136 cm³/mol. The van der Waals surface area contributed by atoms with Crippen LogP contribution in [0.1, 0.15) is 24.1 Å². The Bertz CT molecular complexity index is 1530. The van der Waals surface area contributed by atoms with Gasteiger partial charge in [-0.25, -0.2) is 17.8 Å². The molecule has 0 aliphatic heterocycles. The lowest BCUT2D eigenvalue weighted by atomic mass is 10.1. The molecule has 0 bridgehead atoms. The van der Waals surface area contributed by atoms with Gasteiger partial charge in [0.15, 0.2) is 0 Å². The van der Waals surface area contributed by atoms with Crippen LogP contribution in [0.2, 0.25) is 0 Å². The number of sulfonamides is 1. The highest BCUT2D eigenvalue weighted by atomic mass is 32.2. The van der Waals surface area contributed by atoms with E-state index >= 15 is 0 Å². The molecule has 4 aromatic rings. The molecular formula is C25H22FN5O5S. The van der Waals surface area contributed by atoms with Crippen LogP contribution in [0.4, 0.5) is 21.8 Å². The fourth-order valence-electron chi connectivity index (χ4n) is 3.35. The topological polar surface area (TPSA) is 136 Å². The van der Waals surface area contributed by atoms with Gasteiger partial charge in [-0.15, -0.1) is 0 Å². The highest BCUT2D eigenvalue weighted by Gasteiger charge is 2.17. The number of aryl methyl sites for hydroxylation is 1. The molecule has 2 N–H and O–H groups in total. The van der Waals surface area contributed by atoms with Crippen LogP contribution in [0.25, 0.3) is 0 Å². The largest absolute Gasteiger partial charge is 0.457 e. The molecule has 37 heavy (non-hydrogen) atoms. The molecule has 1 atom stereocenters. The van der Waals surface area contributed by atoms with Crippen LogP contribution in [-0.4, -0.2) is 23.3 Å². The van der Waals surface area contributed by atoms with Crippen molar-refractivity contribution in [2.45, 2.75) is 24.8 Å². The highest BCUT2D eigenvalue weighted by molar-refractivity contribution is 7.92. The summed E-state index contributed by atoms with van der Waals surface area (Å²) in [7, 11) is -4.01. The summed E-state index contributed by atoms with van der Waals surface area (Å²) >= 11 is 0. The van der Waals surface area contributed by atoms with Gasteiger partial charge in [-0.05, 0) is 73.5 Å². The number of hydrogen-bond donors (Lipinski definition) is 2. The molecule has 0 aliphatic rings. The van der Waals surface area contributed by atoms with Gasteiger partial charge in [-0.1, -0.05) is 12.1 Å². The third-order valence-electron chi connectivity index (χ3n) is 5.34. The van der Waals surface area contributed by atoms with E-state index in [-0.39, 0.29) is 34.2 Å². The van der Waals surface area contributed by atoms with E-state index in [1.807, 2.05) is 19.1 Å². The Balaban J connectivity index is 1.41. The van der Waals surface area contributed by atoms with Gasteiger partial charge in [-0.3, -0.25) is 14.8 Å². The number of anilines is 2. The number of aromatic nitrogens is 2. The summed E-state index contributed by atoms with van der Waals surface area (Å²) in [6.45, 7) is 3.55. The summed E-state index contributed by atoms with van der Waals surface area (Å²) in [6, 6.07) is 17.5. The van der Waals surface area contributed by atoms with Crippen molar-refractivity contribution in [1.29, 1.82) is 0 Å². The lowest BCUT2D eigenvalue weighted by Gasteiger charge is -2.16. The molecule has 0 fully saturated rings. The van der Waals surface area contributed by atoms with E-state index in [9.17, 15) is 22.9 Å². The Hall–Kier alpha value is -4.58. The maximum absolute atomic E-state index is 13.5. The minimum absolute atomic E-state index is 0.0291. The number of nitro benzene ring substituents is 1. The van der Waals surface area contributed by atoms with Crippen molar-refractivity contribution in [2.75, 3.05) is 10.0 Å². The molecule has 0 aliphatic carbocycles. The molecule has 190 valence electrons. The quantitative estimate of drug-likeness (QED) is 0.214. The smallest absolute Gasteiger partial charge is 0.269 e. The highest BCUT2D eigenvalue weighted by Crippen LogP contribution is 2.26. The van der Waals surface area contributed by atoms with Crippen LogP contribution in [0, 0.1) is 22.9 Å². The second-order valence-corrected chi connectivity index (χ2v) is 9.75. The van der Waals surface area contributed by atoms with Crippen LogP contribution in [-0.2, 0) is 10.0 Å². The number of hydrogen-bond acceptors (Lipinski definition) is 8. The fourth-order valence-corrected chi connectivity index (χ4v) is 4.35. The van der Waals surface area contributed by atoms with E-state index in [4.69, 9.17) is 4.74 Å². The molecule has 0 amide bonds. The SMILES string of the molecule is Cc1cc(Oc2ccc(C(C)Nc3nccc(NS(=O)(=O)c4ccc([N+](=O)[O-])cc4)n3)cc2)ccc1F. The van der Waals surface area contributed by atoms with E-state index < -0.39 is 14.9 Å². The summed E-state index contributed by atoms with van der Waals surface area (Å²) in [5, 5.41) is 13.9. The van der Waals surface area contributed by atoms with Gasteiger partial charge in [0, 0.05) is 18.3 Å². The summed E-state index contributed by atoms with van der Waals surface area (Å²) < 4.78 is 46.9. The molecule has 3 aromatic carbocycles. The van der Waals surface area contributed by atoms with Gasteiger partial charge < -0.3 is 10.1 Å². The van der Waals surface area contributed by atoms with E-state index in [1.54, 1.807) is 31.2 Å². The monoisotopic (exact) mass is 523 g/mol.